The summed E-state index contributed by atoms with van der Waals surface area (Å²) in [5, 5.41) is 0. The van der Waals surface area contributed by atoms with E-state index in [1.165, 1.54) is 89.2 Å². The topological polar surface area (TPSA) is 43.4 Å². The first kappa shape index (κ1) is 43.3. The molecule has 0 saturated heterocycles. The van der Waals surface area contributed by atoms with Gasteiger partial charge < -0.3 is 13.7 Å². The molecule has 2 aromatic rings. The van der Waals surface area contributed by atoms with Gasteiger partial charge in [-0.3, -0.25) is 9.59 Å². The monoisotopic (exact) mass is 665 g/mol. The molecule has 1 unspecified atom stereocenters. The third-order valence-corrected chi connectivity index (χ3v) is 9.35. The molecule has 5 nitrogen and oxygen atoms in total. The summed E-state index contributed by atoms with van der Waals surface area (Å²) in [7, 11) is 8.99. The number of benzene rings is 2. The lowest BCUT2D eigenvalue weighted by Gasteiger charge is -2.30. The maximum absolute atomic E-state index is 11.7. The second-order valence-corrected chi connectivity index (χ2v) is 15.0. The predicted molar refractivity (Wildman–Crippen MR) is 206 cm³/mol. The molecule has 0 aliphatic heterocycles. The lowest BCUT2D eigenvalue weighted by Crippen LogP contribution is -2.43. The molecule has 0 aliphatic rings. The van der Waals surface area contributed by atoms with Crippen molar-refractivity contribution in [3.8, 4) is 0 Å². The molecular weight excluding hydrogens is 592 g/mol. The van der Waals surface area contributed by atoms with Crippen molar-refractivity contribution < 1.29 is 23.3 Å². The van der Waals surface area contributed by atoms with E-state index in [1.54, 1.807) is 0 Å². The second kappa shape index (κ2) is 26.2. The number of nitrogens with zero attached hydrogens (tertiary/aromatic N) is 2. The molecule has 48 heavy (non-hydrogen) atoms. The fourth-order valence-corrected chi connectivity index (χ4v) is 5.76. The van der Waals surface area contributed by atoms with Crippen LogP contribution in [0.15, 0.2) is 60.7 Å². The third kappa shape index (κ3) is 22.0. The first-order valence-electron chi connectivity index (χ1n) is 19.1. The summed E-state index contributed by atoms with van der Waals surface area (Å²) in [5.41, 5.74) is 3.11. The molecule has 2 rings (SSSR count). The van der Waals surface area contributed by atoms with Crippen molar-refractivity contribution in [2.45, 2.75) is 117 Å². The van der Waals surface area contributed by atoms with Gasteiger partial charge in [-0.2, -0.15) is 0 Å². The summed E-state index contributed by atoms with van der Waals surface area (Å²) in [6.45, 7) is 10.8. The van der Waals surface area contributed by atoms with Gasteiger partial charge in [-0.25, -0.2) is 0 Å². The maximum atomic E-state index is 11.7. The normalized spacial score (nSPS) is 12.4. The Hall–Kier alpha value is -2.76. The van der Waals surface area contributed by atoms with E-state index in [1.807, 2.05) is 44.2 Å². The summed E-state index contributed by atoms with van der Waals surface area (Å²) < 4.78 is 7.22. The molecule has 0 saturated carbocycles. The largest absolute Gasteiger partial charge is 0.459 e. The number of hydrogen-bond donors (Lipinski definition) is 0. The zero-order chi connectivity index (χ0) is 35.5. The highest BCUT2D eigenvalue weighted by Gasteiger charge is 2.17. The molecule has 0 aliphatic carbocycles. The van der Waals surface area contributed by atoms with Crippen molar-refractivity contribution in [3.05, 3.63) is 77.4 Å². The average molecular weight is 665 g/mol. The number of rotatable bonds is 25. The highest BCUT2D eigenvalue weighted by atomic mass is 16.5. The molecule has 0 aromatic heterocycles. The van der Waals surface area contributed by atoms with Crippen molar-refractivity contribution in [1.29, 1.82) is 0 Å². The van der Waals surface area contributed by atoms with E-state index < -0.39 is 0 Å². The van der Waals surface area contributed by atoms with Gasteiger partial charge in [-0.15, -0.1) is 0 Å². The standard InChI is InChI=1S/C23H42N.C20H30NO3/c1-4-5-6-7-8-9-10-11-12-13-14-18-21-24(2,3)22-23-19-16-15-17-20-23;1-5-17(2)20(23)24-15-14-21(3,4)13-9-8-11-18-10-6-7-12-19(18)16-22/h15-17,19-20H,4-14,18,21-22H2,1-3H3;6-8,10-12,16-17H,5,9,13-15H2,1-4H3/q2*+1/b;11-8+. The third-order valence-electron chi connectivity index (χ3n) is 9.35. The van der Waals surface area contributed by atoms with Crippen molar-refractivity contribution in [1.82, 2.24) is 0 Å². The van der Waals surface area contributed by atoms with Gasteiger partial charge >= 0.3 is 5.97 Å². The Morgan fingerprint density at radius 1 is 0.688 bits per heavy atom. The van der Waals surface area contributed by atoms with Crippen LogP contribution in [0.25, 0.3) is 6.08 Å². The van der Waals surface area contributed by atoms with Crippen LogP contribution in [-0.4, -0.2) is 75.7 Å². The summed E-state index contributed by atoms with van der Waals surface area (Å²) >= 11 is 0. The number of aldehydes is 1. The number of unbranched alkanes of at least 4 members (excludes halogenated alkanes) is 11. The smallest absolute Gasteiger partial charge is 0.308 e. The SMILES string of the molecule is CCC(C)C(=O)OCC[N+](C)(C)CC/C=C/c1ccccc1C=O.CCCCCCCCCCCCCC[N+](C)(C)Cc1ccccc1. The fraction of sp³-hybridized carbons (Fsp3) is 0.628. The predicted octanol–water partition coefficient (Wildman–Crippen LogP) is 10.5. The van der Waals surface area contributed by atoms with Gasteiger partial charge in [0, 0.05) is 17.5 Å². The molecule has 0 fully saturated rings. The fourth-order valence-electron chi connectivity index (χ4n) is 5.76. The van der Waals surface area contributed by atoms with Gasteiger partial charge in [0.2, 0.25) is 0 Å². The van der Waals surface area contributed by atoms with Crippen molar-refractivity contribution in [2.24, 2.45) is 5.92 Å². The van der Waals surface area contributed by atoms with Gasteiger partial charge in [0.25, 0.3) is 0 Å². The van der Waals surface area contributed by atoms with Crippen LogP contribution < -0.4 is 0 Å². The molecule has 0 heterocycles. The van der Waals surface area contributed by atoms with Crippen LogP contribution in [0.3, 0.4) is 0 Å². The van der Waals surface area contributed by atoms with Crippen molar-refractivity contribution in [3.63, 3.8) is 0 Å². The van der Waals surface area contributed by atoms with Gasteiger partial charge in [-0.1, -0.05) is 152 Å². The number of ether oxygens (including phenoxy) is 1. The van der Waals surface area contributed by atoms with Gasteiger partial charge in [0.1, 0.15) is 19.7 Å². The van der Waals surface area contributed by atoms with E-state index in [4.69, 9.17) is 4.74 Å². The Bertz CT molecular complexity index is 1130. The molecule has 270 valence electrons. The van der Waals surface area contributed by atoms with E-state index in [2.05, 4.69) is 71.5 Å². The number of carbonyl (C=O) groups excluding carboxylic acids is 2. The van der Waals surface area contributed by atoms with Gasteiger partial charge in [0.05, 0.1) is 47.2 Å². The minimum Gasteiger partial charge on any atom is -0.459 e. The zero-order valence-corrected chi connectivity index (χ0v) is 32.1. The van der Waals surface area contributed by atoms with Crippen molar-refractivity contribution >= 4 is 18.3 Å². The first-order chi connectivity index (χ1) is 23.0. The Balaban J connectivity index is 0.000000480. The van der Waals surface area contributed by atoms with E-state index in [0.717, 1.165) is 53.3 Å². The summed E-state index contributed by atoms with van der Waals surface area (Å²) in [6, 6.07) is 18.5. The summed E-state index contributed by atoms with van der Waals surface area (Å²) in [4.78, 5) is 22.7. The minimum absolute atomic E-state index is 0.0265. The van der Waals surface area contributed by atoms with Crippen LogP contribution in [0.4, 0.5) is 0 Å². The Kier molecular flexibility index (Phi) is 23.6. The van der Waals surface area contributed by atoms with E-state index in [-0.39, 0.29) is 11.9 Å². The highest BCUT2D eigenvalue weighted by Crippen LogP contribution is 2.15. The average Bonchev–Trinajstić information content (AvgIpc) is 3.07. The molecule has 0 radical (unpaired) electrons. The lowest BCUT2D eigenvalue weighted by molar-refractivity contribution is -0.903. The molecular formula is C43H72N2O3+2. The molecule has 0 N–H and O–H groups in total. The highest BCUT2D eigenvalue weighted by molar-refractivity contribution is 5.81. The van der Waals surface area contributed by atoms with Gasteiger partial charge in [-0.05, 0) is 24.8 Å². The minimum atomic E-state index is -0.108. The number of esters is 1. The van der Waals surface area contributed by atoms with Gasteiger partial charge in [0.15, 0.2) is 6.29 Å². The molecule has 0 spiro atoms. The number of quaternary nitrogens is 2. The van der Waals surface area contributed by atoms with Crippen LogP contribution >= 0.6 is 0 Å². The quantitative estimate of drug-likeness (QED) is 0.0459. The van der Waals surface area contributed by atoms with Crippen molar-refractivity contribution in [2.75, 3.05) is 54.4 Å². The maximum Gasteiger partial charge on any atom is 0.308 e. The first-order valence-corrected chi connectivity index (χ1v) is 19.1. The molecule has 5 heteroatoms. The number of carbonyl (C=O) groups is 2. The number of hydrogen-bond acceptors (Lipinski definition) is 3. The van der Waals surface area contributed by atoms with E-state index in [9.17, 15) is 9.59 Å². The second-order valence-electron chi connectivity index (χ2n) is 15.0. The number of likely N-dealkylation sites (N-methyl/N-ethyl adjacent to an activating group) is 1. The Morgan fingerprint density at radius 2 is 1.23 bits per heavy atom. The summed E-state index contributed by atoms with van der Waals surface area (Å²) in [5.74, 6) is -0.135. The van der Waals surface area contributed by atoms with E-state index >= 15 is 0 Å². The molecule has 1 atom stereocenters. The van der Waals surface area contributed by atoms with Crippen LogP contribution in [0.5, 0.6) is 0 Å². The van der Waals surface area contributed by atoms with Crippen LogP contribution in [-0.2, 0) is 16.1 Å². The summed E-state index contributed by atoms with van der Waals surface area (Å²) in [6.07, 6.45) is 23.9. The lowest BCUT2D eigenvalue weighted by atomic mass is 10.1. The van der Waals surface area contributed by atoms with Crippen LogP contribution in [0, 0.1) is 5.92 Å². The Labute approximate surface area is 295 Å². The molecule has 0 amide bonds. The van der Waals surface area contributed by atoms with Crippen LogP contribution in [0.2, 0.25) is 0 Å². The van der Waals surface area contributed by atoms with Crippen LogP contribution in [0.1, 0.15) is 132 Å². The van der Waals surface area contributed by atoms with E-state index in [0.29, 0.717) is 12.2 Å². The zero-order valence-electron chi connectivity index (χ0n) is 32.1. The molecule has 0 bridgehead atoms. The molecule has 2 aromatic carbocycles. The Morgan fingerprint density at radius 3 is 1.79 bits per heavy atom.